The minimum atomic E-state index is -1.63. The van der Waals surface area contributed by atoms with Crippen molar-refractivity contribution in [2.45, 2.75) is 5.66 Å². The number of nitrogens with one attached hydrogen (secondary N) is 2. The maximum absolute atomic E-state index is 15.0. The number of aromatic nitrogens is 2. The van der Waals surface area contributed by atoms with Crippen LogP contribution in [0.3, 0.4) is 0 Å². The summed E-state index contributed by atoms with van der Waals surface area (Å²) in [5.74, 6) is 0.271. The molecule has 2 heterocycles. The highest BCUT2D eigenvalue weighted by molar-refractivity contribution is 6.30. The number of nitrogen functional groups attached to an aromatic ring is 1. The van der Waals surface area contributed by atoms with Crippen LogP contribution in [-0.2, 0) is 12.7 Å². The van der Waals surface area contributed by atoms with Gasteiger partial charge < -0.3 is 21.1 Å². The highest BCUT2D eigenvalue weighted by Crippen LogP contribution is 2.42. The number of aliphatic imine (C=N–C) groups is 1. The molecule has 160 valence electrons. The Morgan fingerprint density at radius 2 is 2.06 bits per heavy atom. The summed E-state index contributed by atoms with van der Waals surface area (Å²) in [6.45, 7) is 0. The van der Waals surface area contributed by atoms with Gasteiger partial charge in [0.1, 0.15) is 11.6 Å². The summed E-state index contributed by atoms with van der Waals surface area (Å²) >= 11 is 6.23. The van der Waals surface area contributed by atoms with Crippen LogP contribution in [0.2, 0.25) is 5.02 Å². The lowest BCUT2D eigenvalue weighted by Gasteiger charge is -2.34. The zero-order chi connectivity index (χ0) is 22.2. The summed E-state index contributed by atoms with van der Waals surface area (Å²) in [7, 11) is 3.32. The first-order valence-electron chi connectivity index (χ1n) is 9.31. The first-order chi connectivity index (χ1) is 14.8. The molecule has 10 heteroatoms. The fourth-order valence-electron chi connectivity index (χ4n) is 3.42. The van der Waals surface area contributed by atoms with Gasteiger partial charge in [-0.2, -0.15) is 5.10 Å². The molecular formula is C21H21ClFN7O. The van der Waals surface area contributed by atoms with Crippen molar-refractivity contribution >= 4 is 34.5 Å². The number of benzene rings is 2. The number of guanidine groups is 1. The molecular weight excluding hydrogens is 421 g/mol. The molecule has 0 fully saturated rings. The summed E-state index contributed by atoms with van der Waals surface area (Å²) < 4.78 is 22.1. The summed E-state index contributed by atoms with van der Waals surface area (Å²) in [5.41, 5.74) is 13.3. The van der Waals surface area contributed by atoms with E-state index in [4.69, 9.17) is 27.8 Å². The van der Waals surface area contributed by atoms with Crippen molar-refractivity contribution in [2.24, 2.45) is 17.8 Å². The van der Waals surface area contributed by atoms with Gasteiger partial charge in [0, 0.05) is 46.9 Å². The Balaban J connectivity index is 1.87. The largest absolute Gasteiger partial charge is 0.496 e. The molecule has 1 unspecified atom stereocenters. The smallest absolute Gasteiger partial charge is 0.202 e. The van der Waals surface area contributed by atoms with Crippen molar-refractivity contribution in [2.75, 3.05) is 18.2 Å². The fourth-order valence-corrected chi connectivity index (χ4v) is 3.59. The normalized spacial score (nSPS) is 18.1. The average molecular weight is 442 g/mol. The number of methoxy groups -OCH3 is 1. The molecule has 31 heavy (non-hydrogen) atoms. The Morgan fingerprint density at radius 3 is 2.77 bits per heavy atom. The molecule has 0 spiro atoms. The Hall–Kier alpha value is -3.56. The van der Waals surface area contributed by atoms with Gasteiger partial charge in [-0.1, -0.05) is 11.6 Å². The molecule has 1 aliphatic heterocycles. The van der Waals surface area contributed by atoms with Gasteiger partial charge in [0.2, 0.25) is 5.96 Å². The van der Waals surface area contributed by atoms with E-state index in [0.717, 1.165) is 0 Å². The lowest BCUT2D eigenvalue weighted by atomic mass is 9.86. The van der Waals surface area contributed by atoms with Gasteiger partial charge >= 0.3 is 0 Å². The third kappa shape index (κ3) is 3.92. The molecule has 0 saturated carbocycles. The Labute approximate surface area is 183 Å². The van der Waals surface area contributed by atoms with E-state index in [9.17, 15) is 4.39 Å². The van der Waals surface area contributed by atoms with Gasteiger partial charge in [-0.15, -0.1) is 0 Å². The van der Waals surface area contributed by atoms with Crippen molar-refractivity contribution in [3.8, 4) is 5.75 Å². The molecule has 0 bridgehead atoms. The number of aryl methyl sites for hydroxylation is 1. The van der Waals surface area contributed by atoms with E-state index in [2.05, 4.69) is 20.7 Å². The van der Waals surface area contributed by atoms with Crippen LogP contribution in [0.4, 0.5) is 15.8 Å². The minimum absolute atomic E-state index is 0.104. The van der Waals surface area contributed by atoms with Gasteiger partial charge in [0.25, 0.3) is 0 Å². The van der Waals surface area contributed by atoms with Gasteiger partial charge in [-0.3, -0.25) is 10.4 Å². The monoisotopic (exact) mass is 441 g/mol. The van der Waals surface area contributed by atoms with Crippen molar-refractivity contribution in [3.63, 3.8) is 0 Å². The Morgan fingerprint density at radius 1 is 1.26 bits per heavy atom. The molecule has 8 nitrogen and oxygen atoms in total. The second-order valence-corrected chi connectivity index (χ2v) is 7.48. The second-order valence-electron chi connectivity index (χ2n) is 7.04. The van der Waals surface area contributed by atoms with Crippen LogP contribution in [-0.4, -0.2) is 22.8 Å². The average Bonchev–Trinajstić information content (AvgIpc) is 3.14. The molecule has 1 aliphatic rings. The SMILES string of the molecule is COc1ccc(Cl)cc1C1=CNC(Nc2cnn(C)c2)=NC1(N)c1cc(N)ccc1F. The molecule has 0 radical (unpaired) electrons. The first-order valence-corrected chi connectivity index (χ1v) is 9.69. The molecule has 1 atom stereocenters. The third-order valence-electron chi connectivity index (χ3n) is 4.87. The molecule has 0 amide bonds. The van der Waals surface area contributed by atoms with Crippen LogP contribution in [0.25, 0.3) is 5.57 Å². The van der Waals surface area contributed by atoms with Gasteiger partial charge in [-0.25, -0.2) is 9.38 Å². The van der Waals surface area contributed by atoms with E-state index in [0.29, 0.717) is 39.2 Å². The van der Waals surface area contributed by atoms with E-state index in [1.807, 2.05) is 0 Å². The summed E-state index contributed by atoms with van der Waals surface area (Å²) in [6.07, 6.45) is 5.04. The van der Waals surface area contributed by atoms with E-state index in [-0.39, 0.29) is 5.56 Å². The van der Waals surface area contributed by atoms with E-state index in [1.165, 1.54) is 25.3 Å². The number of hydrogen-bond donors (Lipinski definition) is 4. The van der Waals surface area contributed by atoms with Crippen LogP contribution < -0.4 is 26.8 Å². The lowest BCUT2D eigenvalue weighted by molar-refractivity contribution is 0.412. The summed E-state index contributed by atoms with van der Waals surface area (Å²) in [4.78, 5) is 4.63. The maximum atomic E-state index is 15.0. The number of nitrogens with zero attached hydrogens (tertiary/aromatic N) is 3. The topological polar surface area (TPSA) is 116 Å². The highest BCUT2D eigenvalue weighted by atomic mass is 35.5. The maximum Gasteiger partial charge on any atom is 0.202 e. The van der Waals surface area contributed by atoms with Gasteiger partial charge in [-0.05, 0) is 36.4 Å². The lowest BCUT2D eigenvalue weighted by Crippen LogP contribution is -2.45. The van der Waals surface area contributed by atoms with Gasteiger partial charge in [0.15, 0.2) is 5.66 Å². The number of anilines is 2. The molecule has 6 N–H and O–H groups in total. The van der Waals surface area contributed by atoms with Gasteiger partial charge in [0.05, 0.1) is 19.0 Å². The minimum Gasteiger partial charge on any atom is -0.496 e. The predicted molar refractivity (Wildman–Crippen MR) is 120 cm³/mol. The predicted octanol–water partition coefficient (Wildman–Crippen LogP) is 3.03. The second kappa shape index (κ2) is 7.93. The van der Waals surface area contributed by atoms with Crippen molar-refractivity contribution < 1.29 is 9.13 Å². The number of hydrogen-bond acceptors (Lipinski definition) is 7. The van der Waals surface area contributed by atoms with Crippen LogP contribution in [0, 0.1) is 5.82 Å². The number of nitrogens with two attached hydrogens (primary N) is 2. The zero-order valence-electron chi connectivity index (χ0n) is 16.9. The Kier molecular flexibility index (Phi) is 5.30. The number of rotatable bonds is 4. The quantitative estimate of drug-likeness (QED) is 0.462. The first kappa shape index (κ1) is 20.7. The molecule has 4 rings (SSSR count). The molecule has 1 aromatic heterocycles. The van der Waals surface area contributed by atoms with Crippen molar-refractivity contribution in [1.82, 2.24) is 15.1 Å². The van der Waals surface area contributed by atoms with Crippen LogP contribution >= 0.6 is 11.6 Å². The Bertz CT molecular complexity index is 1210. The van der Waals surface area contributed by atoms with Crippen LogP contribution in [0.15, 0.2) is 60.0 Å². The van der Waals surface area contributed by atoms with Crippen molar-refractivity contribution in [1.29, 1.82) is 0 Å². The molecule has 2 aromatic carbocycles. The van der Waals surface area contributed by atoms with Crippen LogP contribution in [0.5, 0.6) is 5.75 Å². The molecule has 3 aromatic rings. The number of halogens is 2. The highest BCUT2D eigenvalue weighted by Gasteiger charge is 2.39. The standard InChI is InChI=1S/C21H21ClFN7O/c1-30-11-14(9-27-30)28-20-26-10-17(15-7-12(22)3-6-19(15)31-2)21(25,29-20)16-8-13(24)4-5-18(16)23/h3-11H,24-25H2,1-2H3,(H2,26,28,29). The molecule has 0 saturated heterocycles. The fraction of sp³-hybridized carbons (Fsp3) is 0.143. The number of ether oxygens (including phenoxy) is 1. The molecule has 0 aliphatic carbocycles. The zero-order valence-corrected chi connectivity index (χ0v) is 17.6. The third-order valence-corrected chi connectivity index (χ3v) is 5.11. The van der Waals surface area contributed by atoms with Crippen molar-refractivity contribution in [3.05, 3.63) is 77.0 Å². The van der Waals surface area contributed by atoms with E-state index < -0.39 is 11.5 Å². The van der Waals surface area contributed by atoms with E-state index in [1.54, 1.807) is 48.5 Å². The summed E-state index contributed by atoms with van der Waals surface area (Å²) in [6, 6.07) is 9.29. The van der Waals surface area contributed by atoms with Crippen LogP contribution in [0.1, 0.15) is 11.1 Å². The van der Waals surface area contributed by atoms with E-state index >= 15 is 0 Å². The summed E-state index contributed by atoms with van der Waals surface area (Å²) in [5, 5.41) is 10.7.